The first-order valence-corrected chi connectivity index (χ1v) is 4.35. The highest BCUT2D eigenvalue weighted by molar-refractivity contribution is 5.35. The monoisotopic (exact) mass is 184 g/mol. The summed E-state index contributed by atoms with van der Waals surface area (Å²) in [6, 6.07) is 9.53. The summed E-state index contributed by atoms with van der Waals surface area (Å²) in [6.07, 6.45) is 8.29. The van der Waals surface area contributed by atoms with E-state index in [1.165, 1.54) is 0 Å². The molecule has 0 fully saturated rings. The van der Waals surface area contributed by atoms with Gasteiger partial charge in [0.05, 0.1) is 18.2 Å². The SMILES string of the molecule is NC1=[C+]C=CC=C1Oc1ccccc1. The standard InChI is InChI=1S/C12H10NO/c13-11-8-4-5-9-12(11)14-10-6-2-1-3-7-10/h1-7,9H,13H2/q+1. The van der Waals surface area contributed by atoms with Crippen LogP contribution >= 0.6 is 0 Å². The smallest absolute Gasteiger partial charge is 0.266 e. The second-order valence-corrected chi connectivity index (χ2v) is 2.86. The molecule has 0 spiro atoms. The zero-order valence-electron chi connectivity index (χ0n) is 7.60. The molecule has 1 aliphatic carbocycles. The molecule has 0 unspecified atom stereocenters. The molecule has 2 N–H and O–H groups in total. The van der Waals surface area contributed by atoms with Gasteiger partial charge in [-0.25, -0.2) is 0 Å². The first-order chi connectivity index (χ1) is 6.86. The lowest BCUT2D eigenvalue weighted by atomic mass is 10.2. The molecule has 0 radical (unpaired) electrons. The average Bonchev–Trinajstić information content (AvgIpc) is 2.23. The number of ether oxygens (including phenoxy) is 1. The van der Waals surface area contributed by atoms with Crippen molar-refractivity contribution in [1.82, 2.24) is 0 Å². The van der Waals surface area contributed by atoms with Gasteiger partial charge >= 0.3 is 0 Å². The quantitative estimate of drug-likeness (QED) is 0.715. The van der Waals surface area contributed by atoms with E-state index in [0.717, 1.165) is 5.75 Å². The maximum absolute atomic E-state index is 5.69. The van der Waals surface area contributed by atoms with E-state index in [9.17, 15) is 0 Å². The first kappa shape index (κ1) is 8.54. The van der Waals surface area contributed by atoms with Crippen molar-refractivity contribution in [2.45, 2.75) is 0 Å². The molecule has 0 bridgehead atoms. The third-order valence-corrected chi connectivity index (χ3v) is 1.82. The van der Waals surface area contributed by atoms with Gasteiger partial charge < -0.3 is 10.5 Å². The lowest BCUT2D eigenvalue weighted by Gasteiger charge is -2.03. The fraction of sp³-hybridized carbons (Fsp3) is 0. The van der Waals surface area contributed by atoms with Crippen molar-refractivity contribution in [3.05, 3.63) is 66.1 Å². The lowest BCUT2D eigenvalue weighted by molar-refractivity contribution is 0.434. The number of hydrogen-bond donors (Lipinski definition) is 1. The Balaban J connectivity index is 2.17. The summed E-state index contributed by atoms with van der Waals surface area (Å²) in [6.45, 7) is 0. The molecular weight excluding hydrogens is 174 g/mol. The molecular formula is C12H10NO+. The number of nitrogens with two attached hydrogens (primary N) is 1. The van der Waals surface area contributed by atoms with Gasteiger partial charge in [-0.2, -0.15) is 0 Å². The summed E-state index contributed by atoms with van der Waals surface area (Å²) in [7, 11) is 0. The van der Waals surface area contributed by atoms with Gasteiger partial charge in [-0.15, -0.1) is 0 Å². The highest BCUT2D eigenvalue weighted by atomic mass is 16.5. The van der Waals surface area contributed by atoms with Crippen molar-refractivity contribution in [3.63, 3.8) is 0 Å². The average molecular weight is 184 g/mol. The number of allylic oxidation sites excluding steroid dienone is 4. The zero-order chi connectivity index (χ0) is 9.80. The summed E-state index contributed by atoms with van der Waals surface area (Å²) in [5.41, 5.74) is 6.21. The second-order valence-electron chi connectivity index (χ2n) is 2.86. The molecule has 0 saturated heterocycles. The summed E-state index contributed by atoms with van der Waals surface area (Å²) in [5, 5.41) is 0. The molecule has 14 heavy (non-hydrogen) atoms. The second kappa shape index (κ2) is 3.77. The topological polar surface area (TPSA) is 35.2 Å². The van der Waals surface area contributed by atoms with Crippen molar-refractivity contribution in [2.24, 2.45) is 5.73 Å². The normalized spacial score (nSPS) is 14.0. The summed E-state index contributed by atoms with van der Waals surface area (Å²) >= 11 is 0. The van der Waals surface area contributed by atoms with Gasteiger partial charge in [0.15, 0.2) is 0 Å². The molecule has 2 heteroatoms. The molecule has 68 valence electrons. The van der Waals surface area contributed by atoms with Gasteiger partial charge in [0.2, 0.25) is 5.70 Å². The van der Waals surface area contributed by atoms with Crippen LogP contribution in [0, 0.1) is 6.08 Å². The van der Waals surface area contributed by atoms with Crippen LogP contribution in [-0.4, -0.2) is 0 Å². The van der Waals surface area contributed by atoms with E-state index >= 15 is 0 Å². The van der Waals surface area contributed by atoms with Crippen LogP contribution < -0.4 is 10.5 Å². The van der Waals surface area contributed by atoms with Crippen molar-refractivity contribution in [1.29, 1.82) is 0 Å². The molecule has 2 rings (SSSR count). The van der Waals surface area contributed by atoms with E-state index in [-0.39, 0.29) is 0 Å². The molecule has 0 amide bonds. The highest BCUT2D eigenvalue weighted by Crippen LogP contribution is 2.17. The zero-order valence-corrected chi connectivity index (χ0v) is 7.60. The van der Waals surface area contributed by atoms with Crippen LogP contribution in [0.15, 0.2) is 60.0 Å². The van der Waals surface area contributed by atoms with E-state index in [0.29, 0.717) is 11.5 Å². The third kappa shape index (κ3) is 1.82. The molecule has 0 aliphatic heterocycles. The number of benzene rings is 1. The Kier molecular flexibility index (Phi) is 2.30. The first-order valence-electron chi connectivity index (χ1n) is 4.35. The number of hydrogen-bond acceptors (Lipinski definition) is 2. The Morgan fingerprint density at radius 2 is 1.93 bits per heavy atom. The summed E-state index contributed by atoms with van der Waals surface area (Å²) in [5.74, 6) is 1.41. The predicted molar refractivity (Wildman–Crippen MR) is 55.2 cm³/mol. The molecule has 1 aromatic carbocycles. The van der Waals surface area contributed by atoms with E-state index in [2.05, 4.69) is 6.08 Å². The minimum absolute atomic E-state index is 0.524. The maximum atomic E-state index is 5.69. The Bertz CT molecular complexity index is 402. The Labute approximate surface area is 83.0 Å². The van der Waals surface area contributed by atoms with Crippen molar-refractivity contribution in [3.8, 4) is 5.75 Å². The van der Waals surface area contributed by atoms with Crippen LogP contribution in [0.4, 0.5) is 0 Å². The van der Waals surface area contributed by atoms with Crippen molar-refractivity contribution in [2.75, 3.05) is 0 Å². The Hall–Kier alpha value is -2.05. The van der Waals surface area contributed by atoms with Gasteiger partial charge in [0, 0.05) is 0 Å². The minimum atomic E-state index is 0.524. The van der Waals surface area contributed by atoms with Crippen LogP contribution in [0.2, 0.25) is 0 Å². The van der Waals surface area contributed by atoms with Gasteiger partial charge in [0.25, 0.3) is 5.76 Å². The van der Waals surface area contributed by atoms with Crippen LogP contribution in [0.1, 0.15) is 0 Å². The molecule has 1 aliphatic rings. The van der Waals surface area contributed by atoms with Crippen LogP contribution in [0.5, 0.6) is 5.75 Å². The third-order valence-electron chi connectivity index (χ3n) is 1.82. The van der Waals surface area contributed by atoms with Crippen LogP contribution in [0.3, 0.4) is 0 Å². The largest absolute Gasteiger partial charge is 0.395 e. The van der Waals surface area contributed by atoms with E-state index < -0.39 is 0 Å². The van der Waals surface area contributed by atoms with E-state index in [1.54, 1.807) is 6.08 Å². The lowest BCUT2D eigenvalue weighted by Crippen LogP contribution is -2.08. The number of rotatable bonds is 2. The van der Waals surface area contributed by atoms with Gasteiger partial charge in [-0.3, -0.25) is 0 Å². The molecule has 0 saturated carbocycles. The summed E-state index contributed by atoms with van der Waals surface area (Å²) in [4.78, 5) is 0. The molecule has 1 aromatic rings. The molecule has 0 heterocycles. The van der Waals surface area contributed by atoms with E-state index in [4.69, 9.17) is 10.5 Å². The Morgan fingerprint density at radius 3 is 2.64 bits per heavy atom. The highest BCUT2D eigenvalue weighted by Gasteiger charge is 2.14. The number of para-hydroxylation sites is 1. The Morgan fingerprint density at radius 1 is 1.14 bits per heavy atom. The fourth-order valence-corrected chi connectivity index (χ4v) is 1.14. The maximum Gasteiger partial charge on any atom is 0.266 e. The molecule has 0 aromatic heterocycles. The van der Waals surface area contributed by atoms with Crippen molar-refractivity contribution >= 4 is 0 Å². The fourth-order valence-electron chi connectivity index (χ4n) is 1.14. The predicted octanol–water partition coefficient (Wildman–Crippen LogP) is 2.16. The minimum Gasteiger partial charge on any atom is -0.395 e. The van der Waals surface area contributed by atoms with Gasteiger partial charge in [-0.1, -0.05) is 18.2 Å². The van der Waals surface area contributed by atoms with E-state index in [1.807, 2.05) is 42.5 Å². The van der Waals surface area contributed by atoms with Crippen molar-refractivity contribution < 1.29 is 4.74 Å². The summed E-state index contributed by atoms with van der Waals surface area (Å²) < 4.78 is 5.55. The van der Waals surface area contributed by atoms with Gasteiger partial charge in [-0.05, 0) is 12.1 Å². The van der Waals surface area contributed by atoms with Crippen LogP contribution in [-0.2, 0) is 0 Å². The molecule has 2 nitrogen and oxygen atoms in total. The van der Waals surface area contributed by atoms with Crippen LogP contribution in [0.25, 0.3) is 0 Å². The molecule has 0 atom stereocenters. The van der Waals surface area contributed by atoms with Gasteiger partial charge in [0.1, 0.15) is 11.8 Å².